The third-order valence-electron chi connectivity index (χ3n) is 7.80. The number of carboxylic acids is 1. The van der Waals surface area contributed by atoms with E-state index in [2.05, 4.69) is 26.0 Å². The first-order valence-corrected chi connectivity index (χ1v) is 13.2. The van der Waals surface area contributed by atoms with Crippen LogP contribution in [-0.2, 0) is 11.4 Å². The van der Waals surface area contributed by atoms with Gasteiger partial charge in [0.1, 0.15) is 30.0 Å². The van der Waals surface area contributed by atoms with Crippen molar-refractivity contribution in [2.75, 3.05) is 18.6 Å². The number of allylic oxidation sites excluding steroid dienone is 2. The van der Waals surface area contributed by atoms with E-state index in [1.165, 1.54) is 11.6 Å². The molecule has 3 aromatic rings. The van der Waals surface area contributed by atoms with Crippen LogP contribution in [0, 0.1) is 11.2 Å². The number of nitrogens with zero attached hydrogens (tertiary/aromatic N) is 1. The van der Waals surface area contributed by atoms with Crippen molar-refractivity contribution in [3.63, 3.8) is 0 Å². The summed E-state index contributed by atoms with van der Waals surface area (Å²) in [5, 5.41) is 9.48. The van der Waals surface area contributed by atoms with Crippen molar-refractivity contribution in [2.45, 2.75) is 52.2 Å². The van der Waals surface area contributed by atoms with Crippen LogP contribution in [0.15, 0.2) is 66.7 Å². The SMILES string of the molecule is COc1ccc(F)c(-c2ccc(COc3ccc(N4CCCC4C(=O)O)cc3)cc2C2=CCCC2(C)C)c1. The molecule has 1 atom stereocenters. The van der Waals surface area contributed by atoms with E-state index in [1.54, 1.807) is 19.2 Å². The molecule has 5 nitrogen and oxygen atoms in total. The van der Waals surface area contributed by atoms with Crippen LogP contribution in [-0.4, -0.2) is 30.8 Å². The Balaban J connectivity index is 1.40. The Hall–Kier alpha value is -3.80. The molecule has 198 valence electrons. The average Bonchev–Trinajstić information content (AvgIpc) is 3.54. The van der Waals surface area contributed by atoms with Crippen LogP contribution in [0.1, 0.15) is 50.7 Å². The van der Waals surface area contributed by atoms with E-state index in [-0.39, 0.29) is 11.2 Å². The molecule has 1 N–H and O–H groups in total. The van der Waals surface area contributed by atoms with Gasteiger partial charge in [-0.1, -0.05) is 32.1 Å². The second-order valence-corrected chi connectivity index (χ2v) is 10.7. The normalized spacial score (nSPS) is 18.4. The van der Waals surface area contributed by atoms with E-state index in [9.17, 15) is 14.3 Å². The van der Waals surface area contributed by atoms with Gasteiger partial charge in [-0.2, -0.15) is 0 Å². The number of halogens is 1. The van der Waals surface area contributed by atoms with Crippen LogP contribution in [0.25, 0.3) is 16.7 Å². The van der Waals surface area contributed by atoms with Crippen molar-refractivity contribution in [1.29, 1.82) is 0 Å². The molecule has 1 aliphatic heterocycles. The third-order valence-corrected chi connectivity index (χ3v) is 7.80. The zero-order chi connectivity index (χ0) is 26.9. The quantitative estimate of drug-likeness (QED) is 0.340. The lowest BCUT2D eigenvalue weighted by Crippen LogP contribution is -2.35. The number of carbonyl (C=O) groups is 1. The zero-order valence-electron chi connectivity index (χ0n) is 22.2. The first-order chi connectivity index (χ1) is 18.3. The summed E-state index contributed by atoms with van der Waals surface area (Å²) >= 11 is 0. The molecule has 1 aliphatic carbocycles. The van der Waals surface area contributed by atoms with E-state index in [1.807, 2.05) is 41.3 Å². The molecule has 1 fully saturated rings. The highest BCUT2D eigenvalue weighted by Crippen LogP contribution is 2.47. The Kier molecular flexibility index (Phi) is 7.15. The minimum absolute atomic E-state index is 0.0111. The maximum atomic E-state index is 15.0. The van der Waals surface area contributed by atoms with Crippen molar-refractivity contribution in [2.24, 2.45) is 5.41 Å². The fraction of sp³-hybridized carbons (Fsp3) is 0.344. The van der Waals surface area contributed by atoms with Crippen LogP contribution in [0.4, 0.5) is 10.1 Å². The number of hydrogen-bond donors (Lipinski definition) is 1. The van der Waals surface area contributed by atoms with E-state index >= 15 is 0 Å². The smallest absolute Gasteiger partial charge is 0.326 e. The Morgan fingerprint density at radius 2 is 1.79 bits per heavy atom. The summed E-state index contributed by atoms with van der Waals surface area (Å²) in [6.45, 7) is 5.57. The molecular weight excluding hydrogens is 481 g/mol. The number of carboxylic acid groups (broad SMARTS) is 1. The van der Waals surface area contributed by atoms with Gasteiger partial charge in [0.05, 0.1) is 7.11 Å². The summed E-state index contributed by atoms with van der Waals surface area (Å²) < 4.78 is 26.5. The number of rotatable bonds is 8. The van der Waals surface area contributed by atoms with Gasteiger partial charge in [-0.25, -0.2) is 9.18 Å². The fourth-order valence-corrected chi connectivity index (χ4v) is 5.67. The molecule has 2 aliphatic rings. The highest BCUT2D eigenvalue weighted by Gasteiger charge is 2.31. The van der Waals surface area contributed by atoms with Crippen molar-refractivity contribution in [3.8, 4) is 22.6 Å². The summed E-state index contributed by atoms with van der Waals surface area (Å²) in [4.78, 5) is 13.5. The molecular formula is C32H34FNO4. The molecule has 0 spiro atoms. The monoisotopic (exact) mass is 515 g/mol. The van der Waals surface area contributed by atoms with Crippen molar-refractivity contribution in [3.05, 3.63) is 83.7 Å². The Bertz CT molecular complexity index is 1360. The fourth-order valence-electron chi connectivity index (χ4n) is 5.67. The number of hydrogen-bond acceptors (Lipinski definition) is 4. The maximum Gasteiger partial charge on any atom is 0.326 e. The first-order valence-electron chi connectivity index (χ1n) is 13.2. The molecule has 1 unspecified atom stereocenters. The lowest BCUT2D eigenvalue weighted by atomic mass is 9.79. The van der Waals surface area contributed by atoms with Crippen LogP contribution >= 0.6 is 0 Å². The lowest BCUT2D eigenvalue weighted by Gasteiger charge is -2.25. The molecule has 5 rings (SSSR count). The Morgan fingerprint density at radius 1 is 1.03 bits per heavy atom. The minimum atomic E-state index is -0.781. The summed E-state index contributed by atoms with van der Waals surface area (Å²) in [6, 6.07) is 18.1. The summed E-state index contributed by atoms with van der Waals surface area (Å²) in [5.41, 5.74) is 5.48. The number of ether oxygens (including phenoxy) is 2. The van der Waals surface area contributed by atoms with Gasteiger partial charge >= 0.3 is 5.97 Å². The van der Waals surface area contributed by atoms with Gasteiger partial charge in [0.2, 0.25) is 0 Å². The van der Waals surface area contributed by atoms with E-state index < -0.39 is 12.0 Å². The lowest BCUT2D eigenvalue weighted by molar-refractivity contribution is -0.138. The van der Waals surface area contributed by atoms with Gasteiger partial charge in [0.25, 0.3) is 0 Å². The number of anilines is 1. The van der Waals surface area contributed by atoms with Gasteiger partial charge < -0.3 is 19.5 Å². The predicted molar refractivity (Wildman–Crippen MR) is 148 cm³/mol. The molecule has 1 saturated heterocycles. The summed E-state index contributed by atoms with van der Waals surface area (Å²) in [5.74, 6) is 0.267. The zero-order valence-corrected chi connectivity index (χ0v) is 22.2. The molecule has 0 saturated carbocycles. The molecule has 3 aromatic carbocycles. The average molecular weight is 516 g/mol. The predicted octanol–water partition coefficient (Wildman–Crippen LogP) is 7.34. The van der Waals surface area contributed by atoms with E-state index in [4.69, 9.17) is 9.47 Å². The van der Waals surface area contributed by atoms with Gasteiger partial charge in [-0.3, -0.25) is 0 Å². The maximum absolute atomic E-state index is 15.0. The van der Waals surface area contributed by atoms with Gasteiger partial charge in [0.15, 0.2) is 0 Å². The molecule has 6 heteroatoms. The first kappa shape index (κ1) is 25.8. The third kappa shape index (κ3) is 5.13. The molecule has 0 bridgehead atoms. The van der Waals surface area contributed by atoms with E-state index in [0.29, 0.717) is 30.1 Å². The van der Waals surface area contributed by atoms with Crippen LogP contribution in [0.2, 0.25) is 0 Å². The van der Waals surface area contributed by atoms with Gasteiger partial charge in [0, 0.05) is 17.8 Å². The van der Waals surface area contributed by atoms with Gasteiger partial charge in [-0.05, 0) is 102 Å². The number of methoxy groups -OCH3 is 1. The molecule has 1 heterocycles. The Labute approximate surface area is 223 Å². The van der Waals surface area contributed by atoms with Crippen molar-refractivity contribution >= 4 is 17.2 Å². The van der Waals surface area contributed by atoms with Gasteiger partial charge in [-0.15, -0.1) is 0 Å². The standard InChI is InChI=1S/C32H34FNO4/c1-32(2)16-4-6-28(32)26-18-21(8-14-25(26)27-19-24(37-3)13-15-29(27)33)20-38-23-11-9-22(10-12-23)34-17-5-7-30(34)31(35)36/h6,8-15,18-19,30H,4-5,7,16-17,20H2,1-3H3,(H,35,36). The summed E-state index contributed by atoms with van der Waals surface area (Å²) in [6.07, 6.45) is 5.85. The highest BCUT2D eigenvalue weighted by molar-refractivity contribution is 5.85. The summed E-state index contributed by atoms with van der Waals surface area (Å²) in [7, 11) is 1.59. The second kappa shape index (κ2) is 10.5. The van der Waals surface area contributed by atoms with Crippen molar-refractivity contribution < 1.29 is 23.8 Å². The molecule has 0 radical (unpaired) electrons. The van der Waals surface area contributed by atoms with Crippen LogP contribution < -0.4 is 14.4 Å². The molecule has 0 aromatic heterocycles. The van der Waals surface area contributed by atoms with Crippen molar-refractivity contribution in [1.82, 2.24) is 0 Å². The second-order valence-electron chi connectivity index (χ2n) is 10.7. The topological polar surface area (TPSA) is 59.0 Å². The largest absolute Gasteiger partial charge is 0.497 e. The number of aliphatic carboxylic acids is 1. The minimum Gasteiger partial charge on any atom is -0.497 e. The number of benzene rings is 3. The molecule has 38 heavy (non-hydrogen) atoms. The van der Waals surface area contributed by atoms with E-state index in [0.717, 1.165) is 48.2 Å². The van der Waals surface area contributed by atoms with Crippen LogP contribution in [0.3, 0.4) is 0 Å². The Morgan fingerprint density at radius 3 is 2.47 bits per heavy atom. The molecule has 0 amide bonds. The highest BCUT2D eigenvalue weighted by atomic mass is 19.1. The van der Waals surface area contributed by atoms with Crippen LogP contribution in [0.5, 0.6) is 11.5 Å².